The highest BCUT2D eigenvalue weighted by Gasteiger charge is 2.12. The van der Waals surface area contributed by atoms with Crippen LogP contribution in [-0.4, -0.2) is 25.5 Å². The highest BCUT2D eigenvalue weighted by atomic mass is 35.5. The Bertz CT molecular complexity index is 1220. The molecule has 0 aliphatic rings. The Hall–Kier alpha value is -3.65. The van der Waals surface area contributed by atoms with Gasteiger partial charge in [0.05, 0.1) is 23.5 Å². The van der Waals surface area contributed by atoms with E-state index < -0.39 is 5.82 Å². The molecule has 9 heteroatoms. The van der Waals surface area contributed by atoms with Crippen molar-refractivity contribution in [2.24, 2.45) is 0 Å². The number of nitrogens with one attached hydrogen (secondary N) is 1. The summed E-state index contributed by atoms with van der Waals surface area (Å²) in [6, 6.07) is 13.8. The van der Waals surface area contributed by atoms with Crippen molar-refractivity contribution in [1.29, 1.82) is 0 Å². The number of rotatable bonds is 7. The lowest BCUT2D eigenvalue weighted by Gasteiger charge is -2.06. The molecule has 0 fully saturated rings. The summed E-state index contributed by atoms with van der Waals surface area (Å²) in [7, 11) is 0. The van der Waals surface area contributed by atoms with Gasteiger partial charge in [0.15, 0.2) is 12.4 Å². The van der Waals surface area contributed by atoms with E-state index in [2.05, 4.69) is 21.6 Å². The van der Waals surface area contributed by atoms with Crippen LogP contribution in [0.15, 0.2) is 67.1 Å². The number of carbonyl (C=O) groups is 1. The largest absolute Gasteiger partial charge is 0.471 e. The van der Waals surface area contributed by atoms with Crippen LogP contribution >= 0.6 is 11.6 Å². The highest BCUT2D eigenvalue weighted by molar-refractivity contribution is 6.30. The van der Waals surface area contributed by atoms with Gasteiger partial charge in [0.1, 0.15) is 11.6 Å². The van der Waals surface area contributed by atoms with Crippen LogP contribution in [0.4, 0.5) is 10.1 Å². The van der Waals surface area contributed by atoms with Gasteiger partial charge in [-0.1, -0.05) is 41.4 Å². The fourth-order valence-electron chi connectivity index (χ4n) is 2.97. The standard InChI is InChI=1S/C22H19ClFN5O2/c1-15-3-2-4-16(9-15)12-29-13-17(11-25-29)26-22(30)21-7-8-28(27-21)14-31-18-5-6-20(24)19(23)10-18/h2-11,13H,12,14H2,1H3,(H,26,30). The molecule has 0 unspecified atom stereocenters. The maximum Gasteiger partial charge on any atom is 0.276 e. The van der Waals surface area contributed by atoms with Gasteiger partial charge in [-0.25, -0.2) is 9.07 Å². The number of ether oxygens (including phenoxy) is 1. The van der Waals surface area contributed by atoms with Gasteiger partial charge >= 0.3 is 0 Å². The number of halogens is 2. The predicted octanol–water partition coefficient (Wildman–Crippen LogP) is 4.52. The number of nitrogens with zero attached hydrogens (tertiary/aromatic N) is 4. The molecule has 0 bridgehead atoms. The Morgan fingerprint density at radius 1 is 1.19 bits per heavy atom. The van der Waals surface area contributed by atoms with Crippen molar-refractivity contribution in [2.75, 3.05) is 5.32 Å². The molecular formula is C22H19ClFN5O2. The first kappa shape index (κ1) is 20.6. The zero-order valence-corrected chi connectivity index (χ0v) is 17.4. The summed E-state index contributed by atoms with van der Waals surface area (Å²) in [5.41, 5.74) is 3.11. The number of hydrogen-bond acceptors (Lipinski definition) is 4. The van der Waals surface area contributed by atoms with Crippen molar-refractivity contribution in [3.8, 4) is 5.75 Å². The Morgan fingerprint density at radius 2 is 2.06 bits per heavy atom. The van der Waals surface area contributed by atoms with Crippen LogP contribution < -0.4 is 10.1 Å². The molecule has 0 radical (unpaired) electrons. The van der Waals surface area contributed by atoms with Crippen molar-refractivity contribution >= 4 is 23.2 Å². The number of aromatic nitrogens is 4. The Morgan fingerprint density at radius 3 is 2.87 bits per heavy atom. The molecule has 158 valence electrons. The second kappa shape index (κ2) is 9.01. The van der Waals surface area contributed by atoms with Gasteiger partial charge in [-0.05, 0) is 30.7 Å². The van der Waals surface area contributed by atoms with Gasteiger partial charge in [-0.15, -0.1) is 0 Å². The lowest BCUT2D eigenvalue weighted by molar-refractivity contribution is 0.102. The average Bonchev–Trinajstić information content (AvgIpc) is 3.38. The van der Waals surface area contributed by atoms with Crippen LogP contribution in [0.2, 0.25) is 5.02 Å². The van der Waals surface area contributed by atoms with E-state index in [1.807, 2.05) is 25.1 Å². The van der Waals surface area contributed by atoms with E-state index in [-0.39, 0.29) is 23.4 Å². The molecule has 0 saturated carbocycles. The molecule has 4 rings (SSSR count). The van der Waals surface area contributed by atoms with Crippen molar-refractivity contribution in [2.45, 2.75) is 20.2 Å². The number of hydrogen-bond donors (Lipinski definition) is 1. The minimum atomic E-state index is -0.519. The molecule has 7 nitrogen and oxygen atoms in total. The van der Waals surface area contributed by atoms with E-state index >= 15 is 0 Å². The molecule has 1 N–H and O–H groups in total. The van der Waals surface area contributed by atoms with Gasteiger partial charge in [0, 0.05) is 18.5 Å². The predicted molar refractivity (Wildman–Crippen MR) is 115 cm³/mol. The maximum absolute atomic E-state index is 13.2. The average molecular weight is 440 g/mol. The Labute approximate surface area is 183 Å². The minimum Gasteiger partial charge on any atom is -0.471 e. The zero-order valence-electron chi connectivity index (χ0n) is 16.6. The second-order valence-corrected chi connectivity index (χ2v) is 7.37. The van der Waals surface area contributed by atoms with Gasteiger partial charge < -0.3 is 10.1 Å². The molecule has 1 amide bonds. The van der Waals surface area contributed by atoms with Crippen LogP contribution in [0.1, 0.15) is 21.6 Å². The lowest BCUT2D eigenvalue weighted by Crippen LogP contribution is -2.14. The lowest BCUT2D eigenvalue weighted by atomic mass is 10.1. The number of amides is 1. The fourth-order valence-corrected chi connectivity index (χ4v) is 3.14. The van der Waals surface area contributed by atoms with Crippen LogP contribution in [-0.2, 0) is 13.3 Å². The summed E-state index contributed by atoms with van der Waals surface area (Å²) in [5.74, 6) is -0.484. The molecular weight excluding hydrogens is 421 g/mol. The summed E-state index contributed by atoms with van der Waals surface area (Å²) >= 11 is 5.73. The summed E-state index contributed by atoms with van der Waals surface area (Å²) in [6.45, 7) is 2.69. The molecule has 0 saturated heterocycles. The summed E-state index contributed by atoms with van der Waals surface area (Å²) in [6.07, 6.45) is 4.96. The quantitative estimate of drug-likeness (QED) is 0.459. The number of carbonyl (C=O) groups excluding carboxylic acids is 1. The van der Waals surface area contributed by atoms with E-state index in [1.165, 1.54) is 28.4 Å². The summed E-state index contributed by atoms with van der Waals surface area (Å²) < 4.78 is 21.9. The first-order valence-electron chi connectivity index (χ1n) is 9.47. The molecule has 0 spiro atoms. The topological polar surface area (TPSA) is 74.0 Å². The van der Waals surface area contributed by atoms with Crippen LogP contribution in [0.25, 0.3) is 0 Å². The fraction of sp³-hybridized carbons (Fsp3) is 0.136. The molecule has 0 aliphatic carbocycles. The molecule has 2 heterocycles. The molecule has 31 heavy (non-hydrogen) atoms. The SMILES string of the molecule is Cc1cccc(Cn2cc(NC(=O)c3ccn(COc4ccc(F)c(Cl)c4)n3)cn2)c1. The van der Waals surface area contributed by atoms with Crippen molar-refractivity contribution in [3.05, 3.63) is 94.8 Å². The summed E-state index contributed by atoms with van der Waals surface area (Å²) in [5, 5.41) is 11.2. The molecule has 2 aromatic heterocycles. The van der Waals surface area contributed by atoms with E-state index in [4.69, 9.17) is 16.3 Å². The maximum atomic E-state index is 13.2. The minimum absolute atomic E-state index is 0.0269. The third kappa shape index (κ3) is 5.29. The Balaban J connectivity index is 1.33. The normalized spacial score (nSPS) is 10.8. The van der Waals surface area contributed by atoms with Gasteiger partial charge in [-0.2, -0.15) is 10.2 Å². The first-order valence-corrected chi connectivity index (χ1v) is 9.85. The molecule has 4 aromatic rings. The second-order valence-electron chi connectivity index (χ2n) is 6.96. The molecule has 2 aromatic carbocycles. The van der Waals surface area contributed by atoms with E-state index in [0.29, 0.717) is 18.0 Å². The van der Waals surface area contributed by atoms with Gasteiger partial charge in [0.2, 0.25) is 0 Å². The molecule has 0 aliphatic heterocycles. The number of anilines is 1. The van der Waals surface area contributed by atoms with Gasteiger partial charge in [-0.3, -0.25) is 9.48 Å². The summed E-state index contributed by atoms with van der Waals surface area (Å²) in [4.78, 5) is 12.5. The number of aryl methyl sites for hydroxylation is 1. The Kier molecular flexibility index (Phi) is 5.99. The smallest absolute Gasteiger partial charge is 0.276 e. The van der Waals surface area contributed by atoms with Crippen LogP contribution in [0.5, 0.6) is 5.75 Å². The first-order chi connectivity index (χ1) is 15.0. The highest BCUT2D eigenvalue weighted by Crippen LogP contribution is 2.21. The van der Waals surface area contributed by atoms with E-state index in [1.54, 1.807) is 29.3 Å². The third-order valence-corrected chi connectivity index (χ3v) is 4.74. The monoisotopic (exact) mass is 439 g/mol. The third-order valence-electron chi connectivity index (χ3n) is 4.45. The van der Waals surface area contributed by atoms with E-state index in [0.717, 1.165) is 5.56 Å². The zero-order chi connectivity index (χ0) is 21.8. The van der Waals surface area contributed by atoms with Crippen LogP contribution in [0.3, 0.4) is 0 Å². The van der Waals surface area contributed by atoms with Gasteiger partial charge in [0.25, 0.3) is 5.91 Å². The van der Waals surface area contributed by atoms with Crippen LogP contribution in [0, 0.1) is 12.7 Å². The van der Waals surface area contributed by atoms with Crippen molar-refractivity contribution in [3.63, 3.8) is 0 Å². The molecule has 0 atom stereocenters. The number of benzene rings is 2. The van der Waals surface area contributed by atoms with Crippen molar-refractivity contribution < 1.29 is 13.9 Å². The van der Waals surface area contributed by atoms with Crippen molar-refractivity contribution in [1.82, 2.24) is 19.6 Å². The van der Waals surface area contributed by atoms with E-state index in [9.17, 15) is 9.18 Å².